The summed E-state index contributed by atoms with van der Waals surface area (Å²) in [7, 11) is -2.45. The smallest absolute Gasteiger partial charge is 0.249 e. The number of hydrogen-bond acceptors (Lipinski definition) is 5. The summed E-state index contributed by atoms with van der Waals surface area (Å²) in [6.45, 7) is 10.6. The molecule has 6 heteroatoms. The van der Waals surface area contributed by atoms with Crippen LogP contribution in [0, 0.1) is 0 Å². The number of unbranched alkanes of at least 4 members (excludes halogenated alkanes) is 3. The van der Waals surface area contributed by atoms with Crippen molar-refractivity contribution in [3.63, 3.8) is 0 Å². The molecule has 0 N–H and O–H groups in total. The summed E-state index contributed by atoms with van der Waals surface area (Å²) in [6.07, 6.45) is 6.03. The SMILES string of the molecule is CCCCOCCO[PH](=O)C(C)(OCCCC)OCCCC. The third-order valence-electron chi connectivity index (χ3n) is 3.22. The molecule has 22 heavy (non-hydrogen) atoms. The normalized spacial score (nSPS) is 13.5. The van der Waals surface area contributed by atoms with Crippen LogP contribution < -0.4 is 0 Å². The highest BCUT2D eigenvalue weighted by molar-refractivity contribution is 7.40. The van der Waals surface area contributed by atoms with Crippen LogP contribution in [0.15, 0.2) is 0 Å². The molecule has 0 saturated carbocycles. The van der Waals surface area contributed by atoms with Gasteiger partial charge in [0.05, 0.1) is 26.4 Å². The Balaban J connectivity index is 4.17. The highest BCUT2D eigenvalue weighted by Crippen LogP contribution is 2.42. The quantitative estimate of drug-likeness (QED) is 0.234. The van der Waals surface area contributed by atoms with Gasteiger partial charge in [-0.25, -0.2) is 0 Å². The molecular weight excluding hydrogens is 303 g/mol. The second kappa shape index (κ2) is 14.6. The van der Waals surface area contributed by atoms with Crippen LogP contribution in [0.3, 0.4) is 0 Å². The van der Waals surface area contributed by atoms with Crippen molar-refractivity contribution < 1.29 is 23.3 Å². The first-order chi connectivity index (χ1) is 10.6. The second-order valence-electron chi connectivity index (χ2n) is 5.45. The van der Waals surface area contributed by atoms with Gasteiger partial charge in [-0.1, -0.05) is 40.0 Å². The molecule has 0 aromatic heterocycles. The summed E-state index contributed by atoms with van der Waals surface area (Å²) < 4.78 is 34.7. The van der Waals surface area contributed by atoms with Gasteiger partial charge in [0.25, 0.3) is 0 Å². The predicted octanol–water partition coefficient (Wildman–Crippen LogP) is 4.60. The second-order valence-corrected chi connectivity index (χ2v) is 7.22. The molecule has 0 radical (unpaired) electrons. The van der Waals surface area contributed by atoms with Crippen LogP contribution in [0.2, 0.25) is 0 Å². The van der Waals surface area contributed by atoms with E-state index in [4.69, 9.17) is 18.7 Å². The van der Waals surface area contributed by atoms with Crippen molar-refractivity contribution in [1.82, 2.24) is 0 Å². The van der Waals surface area contributed by atoms with Gasteiger partial charge in [-0.3, -0.25) is 4.57 Å². The average Bonchev–Trinajstić information content (AvgIpc) is 2.51. The van der Waals surface area contributed by atoms with Gasteiger partial charge >= 0.3 is 0 Å². The largest absolute Gasteiger partial charge is 0.379 e. The average molecular weight is 338 g/mol. The summed E-state index contributed by atoms with van der Waals surface area (Å²) in [6, 6.07) is 0. The van der Waals surface area contributed by atoms with Gasteiger partial charge in [0.15, 0.2) is 0 Å². The lowest BCUT2D eigenvalue weighted by Crippen LogP contribution is -2.30. The molecule has 5 nitrogen and oxygen atoms in total. The Labute approximate surface area is 136 Å². The molecule has 0 aliphatic heterocycles. The Hall–Kier alpha value is 0.0700. The summed E-state index contributed by atoms with van der Waals surface area (Å²) in [5, 5.41) is 0. The maximum Gasteiger partial charge on any atom is 0.249 e. The first-order valence-corrected chi connectivity index (χ1v) is 9.95. The Kier molecular flexibility index (Phi) is 14.7. The Morgan fingerprint density at radius 2 is 1.27 bits per heavy atom. The van der Waals surface area contributed by atoms with Crippen LogP contribution in [0.1, 0.15) is 66.2 Å². The van der Waals surface area contributed by atoms with E-state index in [1.807, 2.05) is 0 Å². The molecular formula is C16H35O5P. The van der Waals surface area contributed by atoms with Crippen molar-refractivity contribution in [3.05, 3.63) is 0 Å². The third kappa shape index (κ3) is 10.7. The Morgan fingerprint density at radius 1 is 0.773 bits per heavy atom. The lowest BCUT2D eigenvalue weighted by atomic mass is 10.3. The molecule has 0 bridgehead atoms. The van der Waals surface area contributed by atoms with Crippen molar-refractivity contribution in [2.24, 2.45) is 0 Å². The van der Waals surface area contributed by atoms with Crippen LogP contribution in [0.4, 0.5) is 0 Å². The number of ether oxygens (including phenoxy) is 3. The van der Waals surface area contributed by atoms with Crippen molar-refractivity contribution in [2.45, 2.75) is 71.7 Å². The molecule has 0 aliphatic carbocycles. The van der Waals surface area contributed by atoms with E-state index in [0.29, 0.717) is 26.4 Å². The first kappa shape index (κ1) is 22.1. The van der Waals surface area contributed by atoms with E-state index in [0.717, 1.165) is 45.1 Å². The highest BCUT2D eigenvalue weighted by Gasteiger charge is 2.34. The molecule has 0 aromatic rings. The number of hydrogen-bond donors (Lipinski definition) is 0. The molecule has 0 rings (SSSR count). The minimum Gasteiger partial charge on any atom is -0.379 e. The first-order valence-electron chi connectivity index (χ1n) is 8.63. The van der Waals surface area contributed by atoms with Crippen molar-refractivity contribution in [1.29, 1.82) is 0 Å². The molecule has 1 unspecified atom stereocenters. The van der Waals surface area contributed by atoms with Crippen LogP contribution in [0.25, 0.3) is 0 Å². The Bertz CT molecular complexity index is 263. The third-order valence-corrected chi connectivity index (χ3v) is 4.72. The topological polar surface area (TPSA) is 54.0 Å². The zero-order valence-corrected chi connectivity index (χ0v) is 15.8. The van der Waals surface area contributed by atoms with Crippen molar-refractivity contribution in [2.75, 3.05) is 33.0 Å². The summed E-state index contributed by atoms with van der Waals surface area (Å²) >= 11 is 0. The van der Waals surface area contributed by atoms with Gasteiger partial charge in [0, 0.05) is 6.61 Å². The lowest BCUT2D eigenvalue weighted by Gasteiger charge is -2.29. The van der Waals surface area contributed by atoms with E-state index in [1.165, 1.54) is 0 Å². The fraction of sp³-hybridized carbons (Fsp3) is 1.00. The van der Waals surface area contributed by atoms with Crippen LogP contribution in [-0.2, 0) is 23.3 Å². The minimum atomic E-state index is -2.45. The minimum absolute atomic E-state index is 0.311. The van der Waals surface area contributed by atoms with Gasteiger partial charge in [-0.15, -0.1) is 0 Å². The van der Waals surface area contributed by atoms with E-state index < -0.39 is 13.6 Å². The molecule has 0 saturated heterocycles. The molecule has 0 fully saturated rings. The molecule has 0 heterocycles. The summed E-state index contributed by atoms with van der Waals surface area (Å²) in [4.78, 5) is 0. The van der Waals surface area contributed by atoms with Crippen LogP contribution >= 0.6 is 8.03 Å². The Morgan fingerprint density at radius 3 is 1.77 bits per heavy atom. The standard InChI is InChI=1S/C16H35O5P/c1-5-8-11-18-14-15-21-22(17)16(4,19-12-9-6-2)20-13-10-7-3/h22H,5-15H2,1-4H3. The van der Waals surface area contributed by atoms with Crippen LogP contribution in [-0.4, -0.2) is 38.6 Å². The van der Waals surface area contributed by atoms with Gasteiger partial charge < -0.3 is 18.7 Å². The van der Waals surface area contributed by atoms with Gasteiger partial charge in [0.1, 0.15) is 0 Å². The summed E-state index contributed by atoms with van der Waals surface area (Å²) in [5.74, 6) is 0. The van der Waals surface area contributed by atoms with Gasteiger partial charge in [-0.2, -0.15) is 0 Å². The summed E-state index contributed by atoms with van der Waals surface area (Å²) in [5.41, 5.74) is -1.13. The zero-order chi connectivity index (χ0) is 16.7. The predicted molar refractivity (Wildman–Crippen MR) is 90.8 cm³/mol. The molecule has 0 spiro atoms. The monoisotopic (exact) mass is 338 g/mol. The van der Waals surface area contributed by atoms with Gasteiger partial charge in [0.2, 0.25) is 13.6 Å². The molecule has 1 atom stereocenters. The fourth-order valence-corrected chi connectivity index (χ4v) is 2.63. The molecule has 0 aromatic carbocycles. The molecule has 134 valence electrons. The zero-order valence-electron chi connectivity index (χ0n) is 14.8. The molecule has 0 amide bonds. The van der Waals surface area contributed by atoms with Crippen molar-refractivity contribution >= 4 is 8.03 Å². The fourth-order valence-electron chi connectivity index (χ4n) is 1.65. The highest BCUT2D eigenvalue weighted by atomic mass is 31.1. The van der Waals surface area contributed by atoms with E-state index in [-0.39, 0.29) is 0 Å². The van der Waals surface area contributed by atoms with Crippen molar-refractivity contribution in [3.8, 4) is 0 Å². The number of rotatable bonds is 16. The lowest BCUT2D eigenvalue weighted by molar-refractivity contribution is -0.171. The molecule has 0 aliphatic rings. The van der Waals surface area contributed by atoms with Gasteiger partial charge in [-0.05, 0) is 26.2 Å². The van der Waals surface area contributed by atoms with E-state index in [9.17, 15) is 4.57 Å². The van der Waals surface area contributed by atoms with E-state index in [2.05, 4.69) is 20.8 Å². The maximum absolute atomic E-state index is 12.4. The van der Waals surface area contributed by atoms with E-state index in [1.54, 1.807) is 6.92 Å². The van der Waals surface area contributed by atoms with E-state index >= 15 is 0 Å². The van der Waals surface area contributed by atoms with Crippen LogP contribution in [0.5, 0.6) is 0 Å². The maximum atomic E-state index is 12.4.